The number of hydrogen-bond acceptors (Lipinski definition) is 0. The molecule has 0 saturated carbocycles. The van der Waals surface area contributed by atoms with E-state index in [4.69, 9.17) is 11.6 Å². The molecule has 0 aromatic carbocycles. The van der Waals surface area contributed by atoms with Crippen molar-refractivity contribution in [3.63, 3.8) is 0 Å². The van der Waals surface area contributed by atoms with Crippen LogP contribution in [0.25, 0.3) is 0 Å². The Hall–Kier alpha value is 0.180. The molecule has 0 saturated heterocycles. The zero-order chi connectivity index (χ0) is 5.91. The summed E-state index contributed by atoms with van der Waals surface area (Å²) in [4.78, 5) is 0. The minimum atomic E-state index is -3.29. The van der Waals surface area contributed by atoms with E-state index in [1.54, 1.807) is 0 Å². The summed E-state index contributed by atoms with van der Waals surface area (Å²) in [6.45, 7) is 0. The molecule has 4 heteroatoms. The molecule has 0 bridgehead atoms. The predicted octanol–water partition coefficient (Wildman–Crippen LogP) is 2.57. The van der Waals surface area contributed by atoms with Crippen LogP contribution in [-0.2, 0) is 0 Å². The third kappa shape index (κ3) is 6.18. The van der Waals surface area contributed by atoms with E-state index in [9.17, 15) is 8.78 Å². The van der Waals surface area contributed by atoms with Crippen LogP contribution in [0, 0.1) is 0 Å². The van der Waals surface area contributed by atoms with Gasteiger partial charge in [-0.1, -0.05) is 11.6 Å². The molecule has 0 aromatic rings. The fraction of sp³-hybridized carbons (Fsp3) is 0.333. The Morgan fingerprint density at radius 3 is 1.86 bits per heavy atom. The number of rotatable bonds is 1. The van der Waals surface area contributed by atoms with E-state index in [-0.39, 0.29) is 0 Å². The quantitative estimate of drug-likeness (QED) is 0.500. The third-order valence-electron chi connectivity index (χ3n) is 0.252. The van der Waals surface area contributed by atoms with Crippen molar-refractivity contribution < 1.29 is 8.78 Å². The van der Waals surface area contributed by atoms with Crippen LogP contribution in [0.2, 0.25) is 0 Å². The molecule has 0 N–H and O–H groups in total. The van der Waals surface area contributed by atoms with E-state index in [1.165, 1.54) is 0 Å². The molecule has 0 spiro atoms. The molecule has 0 nitrogen and oxygen atoms in total. The molecule has 42 valence electrons. The summed E-state index contributed by atoms with van der Waals surface area (Å²) in [5, 5.41) is -3.29. The van der Waals surface area contributed by atoms with Crippen molar-refractivity contribution in [3.8, 4) is 0 Å². The number of hydrogen-bond donors (Lipinski definition) is 0. The molecule has 0 aliphatic carbocycles. The highest BCUT2D eigenvalue weighted by Crippen LogP contribution is 2.19. The highest BCUT2D eigenvalue weighted by molar-refractivity contribution is 6.27. The van der Waals surface area contributed by atoms with Crippen molar-refractivity contribution >= 4 is 23.2 Å². The van der Waals surface area contributed by atoms with Crippen molar-refractivity contribution in [1.29, 1.82) is 0 Å². The Morgan fingerprint density at radius 1 is 1.43 bits per heavy atom. The van der Waals surface area contributed by atoms with Gasteiger partial charge >= 0.3 is 5.38 Å². The van der Waals surface area contributed by atoms with E-state index in [1.807, 2.05) is 0 Å². The molecule has 0 aliphatic heterocycles. The largest absolute Gasteiger partial charge is 0.342 e. The van der Waals surface area contributed by atoms with E-state index in [0.717, 1.165) is 0 Å². The first-order valence-electron chi connectivity index (χ1n) is 1.41. The van der Waals surface area contributed by atoms with Crippen LogP contribution < -0.4 is 0 Å². The van der Waals surface area contributed by atoms with E-state index in [2.05, 4.69) is 11.6 Å². The van der Waals surface area contributed by atoms with Gasteiger partial charge in [0.1, 0.15) is 0 Å². The van der Waals surface area contributed by atoms with Gasteiger partial charge in [-0.3, -0.25) is 0 Å². The van der Waals surface area contributed by atoms with Gasteiger partial charge in [0.2, 0.25) is 0 Å². The topological polar surface area (TPSA) is 0 Å². The van der Waals surface area contributed by atoms with Crippen LogP contribution in [0.15, 0.2) is 11.6 Å². The van der Waals surface area contributed by atoms with Crippen LogP contribution in [0.5, 0.6) is 0 Å². The Morgan fingerprint density at radius 2 is 1.86 bits per heavy atom. The maximum atomic E-state index is 11.3. The second-order valence-corrected chi connectivity index (χ2v) is 1.59. The summed E-state index contributed by atoms with van der Waals surface area (Å²) < 4.78 is 22.6. The monoisotopic (exact) mass is 146 g/mol. The maximum absolute atomic E-state index is 11.3. The Kier molecular flexibility index (Phi) is 2.54. The van der Waals surface area contributed by atoms with E-state index < -0.39 is 5.38 Å². The summed E-state index contributed by atoms with van der Waals surface area (Å²) in [6.07, 6.45) is 0.385. The Labute approximate surface area is 49.7 Å². The highest BCUT2D eigenvalue weighted by Gasteiger charge is 2.18. The zero-order valence-corrected chi connectivity index (χ0v) is 4.68. The molecule has 0 unspecified atom stereocenters. The van der Waals surface area contributed by atoms with Gasteiger partial charge in [-0.05, 0) is 11.6 Å². The fourth-order valence-electron chi connectivity index (χ4n) is 0.0714. The van der Waals surface area contributed by atoms with Crippen LogP contribution in [0.4, 0.5) is 8.78 Å². The molecule has 7 heavy (non-hydrogen) atoms. The Bertz CT molecular complexity index is 73.5. The molecule has 0 heterocycles. The molecule has 0 fully saturated rings. The first-order valence-corrected chi connectivity index (χ1v) is 2.22. The van der Waals surface area contributed by atoms with Gasteiger partial charge in [0, 0.05) is 11.6 Å². The minimum Gasteiger partial charge on any atom is -0.184 e. The lowest BCUT2D eigenvalue weighted by Gasteiger charge is -1.94. The second kappa shape index (κ2) is 2.48. The number of allylic oxidation sites excluding steroid dienone is 1. The van der Waals surface area contributed by atoms with Crippen molar-refractivity contribution in [2.75, 3.05) is 0 Å². The average Bonchev–Trinajstić information content (AvgIpc) is 1.30. The van der Waals surface area contributed by atoms with E-state index >= 15 is 0 Å². The molecule has 0 aromatic heterocycles. The lowest BCUT2D eigenvalue weighted by Crippen LogP contribution is -1.96. The van der Waals surface area contributed by atoms with Crippen molar-refractivity contribution in [2.45, 2.75) is 5.38 Å². The normalized spacial score (nSPS) is 13.1. The van der Waals surface area contributed by atoms with Gasteiger partial charge in [-0.25, -0.2) is 0 Å². The summed E-state index contributed by atoms with van der Waals surface area (Å²) in [7, 11) is 0. The van der Waals surface area contributed by atoms with Gasteiger partial charge in [0.05, 0.1) is 0 Å². The van der Waals surface area contributed by atoms with Crippen LogP contribution in [0.1, 0.15) is 0 Å². The molecule has 0 rings (SSSR count). The Balaban J connectivity index is 3.56. The lowest BCUT2D eigenvalue weighted by molar-refractivity contribution is 0.153. The van der Waals surface area contributed by atoms with Crippen molar-refractivity contribution in [3.05, 3.63) is 11.6 Å². The van der Waals surface area contributed by atoms with Gasteiger partial charge < -0.3 is 0 Å². The zero-order valence-electron chi connectivity index (χ0n) is 3.17. The van der Waals surface area contributed by atoms with Gasteiger partial charge in [-0.2, -0.15) is 8.78 Å². The second-order valence-electron chi connectivity index (χ2n) is 0.834. The number of alkyl halides is 3. The molecule has 0 aliphatic rings. The van der Waals surface area contributed by atoms with Crippen molar-refractivity contribution in [2.24, 2.45) is 0 Å². The van der Waals surface area contributed by atoms with Crippen LogP contribution >= 0.6 is 23.2 Å². The summed E-state index contributed by atoms with van der Waals surface area (Å²) >= 11 is 9.07. The van der Waals surface area contributed by atoms with E-state index in [0.29, 0.717) is 11.6 Å². The predicted molar refractivity (Wildman–Crippen MR) is 25.8 cm³/mol. The minimum absolute atomic E-state index is 0.385. The van der Waals surface area contributed by atoms with Crippen LogP contribution in [-0.4, -0.2) is 5.38 Å². The lowest BCUT2D eigenvalue weighted by atomic mass is 10.7. The third-order valence-corrected chi connectivity index (χ3v) is 0.504. The first-order chi connectivity index (χ1) is 3.06. The summed E-state index contributed by atoms with van der Waals surface area (Å²) in [5.74, 6) is 0. The first kappa shape index (κ1) is 7.18. The molecular weight excluding hydrogens is 145 g/mol. The fourth-order valence-corrected chi connectivity index (χ4v) is 0.357. The van der Waals surface area contributed by atoms with Crippen LogP contribution in [0.3, 0.4) is 0 Å². The molecule has 0 amide bonds. The highest BCUT2D eigenvalue weighted by atomic mass is 35.5. The van der Waals surface area contributed by atoms with Gasteiger partial charge in [0.15, 0.2) is 0 Å². The maximum Gasteiger partial charge on any atom is 0.342 e. The SMILES string of the molecule is FC(F)(Cl)C=CCl. The summed E-state index contributed by atoms with van der Waals surface area (Å²) in [5.41, 5.74) is 0.674. The van der Waals surface area contributed by atoms with Crippen molar-refractivity contribution in [1.82, 2.24) is 0 Å². The molecule has 0 atom stereocenters. The molecular formula is C3H2Cl2F2. The van der Waals surface area contributed by atoms with Gasteiger partial charge in [-0.15, -0.1) is 0 Å². The summed E-state index contributed by atoms with van der Waals surface area (Å²) in [6, 6.07) is 0. The molecule has 0 radical (unpaired) electrons. The number of halogens is 4. The smallest absolute Gasteiger partial charge is 0.184 e. The average molecular weight is 147 g/mol. The standard InChI is InChI=1S/C3H2Cl2F2/c4-2-1-3(5,6)7/h1-2H. The van der Waals surface area contributed by atoms with Gasteiger partial charge in [0.25, 0.3) is 0 Å².